The van der Waals surface area contributed by atoms with Crippen LogP contribution < -0.4 is 10.3 Å². The normalized spacial score (nSPS) is 10.6. The van der Waals surface area contributed by atoms with Gasteiger partial charge in [0.15, 0.2) is 5.16 Å². The molecule has 4 rings (SSSR count). The molecule has 0 aliphatic heterocycles. The van der Waals surface area contributed by atoms with E-state index in [-0.39, 0.29) is 5.56 Å². The van der Waals surface area contributed by atoms with Gasteiger partial charge in [0.1, 0.15) is 5.75 Å². The first-order valence-corrected chi connectivity index (χ1v) is 9.97. The van der Waals surface area contributed by atoms with Crippen molar-refractivity contribution in [1.29, 1.82) is 5.26 Å². The Morgan fingerprint density at radius 1 is 1.03 bits per heavy atom. The van der Waals surface area contributed by atoms with E-state index in [1.54, 1.807) is 29.9 Å². The molecule has 1 aromatic heterocycles. The van der Waals surface area contributed by atoms with Crippen molar-refractivity contribution in [3.05, 3.63) is 94.3 Å². The first kappa shape index (κ1) is 18.8. The number of nitriles is 1. The molecule has 3 aromatic carbocycles. The molecule has 0 fully saturated rings. The number of aromatic nitrogens is 2. The minimum atomic E-state index is -0.137. The van der Waals surface area contributed by atoms with Crippen LogP contribution in [0.4, 0.5) is 0 Å². The van der Waals surface area contributed by atoms with E-state index in [4.69, 9.17) is 15.0 Å². The van der Waals surface area contributed by atoms with Gasteiger partial charge in [0.05, 0.1) is 35.3 Å². The number of nitrogens with zero attached hydrogens (tertiary/aromatic N) is 3. The Morgan fingerprint density at radius 3 is 2.52 bits per heavy atom. The number of thioether (sulfide) groups is 1. The summed E-state index contributed by atoms with van der Waals surface area (Å²) in [6, 6.07) is 24.3. The molecule has 0 spiro atoms. The maximum absolute atomic E-state index is 13.3. The summed E-state index contributed by atoms with van der Waals surface area (Å²) in [4.78, 5) is 18.1. The summed E-state index contributed by atoms with van der Waals surface area (Å²) >= 11 is 1.47. The minimum Gasteiger partial charge on any atom is -0.495 e. The summed E-state index contributed by atoms with van der Waals surface area (Å²) in [5.41, 5.74) is 2.84. The lowest BCUT2D eigenvalue weighted by atomic mass is 10.2. The number of rotatable bonds is 5. The zero-order valence-corrected chi connectivity index (χ0v) is 16.5. The zero-order valence-electron chi connectivity index (χ0n) is 15.7. The molecule has 0 atom stereocenters. The highest BCUT2D eigenvalue weighted by Crippen LogP contribution is 2.28. The summed E-state index contributed by atoms with van der Waals surface area (Å²) in [7, 11) is 1.59. The fourth-order valence-electron chi connectivity index (χ4n) is 3.06. The van der Waals surface area contributed by atoms with E-state index in [2.05, 4.69) is 6.07 Å². The van der Waals surface area contributed by atoms with E-state index >= 15 is 0 Å². The fraction of sp³-hybridized carbons (Fsp3) is 0.0870. The quantitative estimate of drug-likeness (QED) is 0.364. The molecular formula is C23H17N3O2S. The Labute approximate surface area is 172 Å². The number of para-hydroxylation sites is 3. The number of ether oxygens (including phenoxy) is 1. The topological polar surface area (TPSA) is 67.9 Å². The molecule has 0 saturated carbocycles. The zero-order chi connectivity index (χ0) is 20.2. The summed E-state index contributed by atoms with van der Waals surface area (Å²) in [6.07, 6.45) is 0. The third-order valence-electron chi connectivity index (χ3n) is 4.52. The van der Waals surface area contributed by atoms with Crippen molar-refractivity contribution in [3.8, 4) is 17.5 Å². The lowest BCUT2D eigenvalue weighted by Crippen LogP contribution is -2.22. The maximum atomic E-state index is 13.3. The maximum Gasteiger partial charge on any atom is 0.266 e. The molecule has 0 aliphatic rings. The summed E-state index contributed by atoms with van der Waals surface area (Å²) < 4.78 is 7.09. The van der Waals surface area contributed by atoms with Gasteiger partial charge in [0.2, 0.25) is 0 Å². The molecule has 0 aliphatic carbocycles. The van der Waals surface area contributed by atoms with Gasteiger partial charge in [-0.3, -0.25) is 9.36 Å². The molecule has 0 amide bonds. The smallest absolute Gasteiger partial charge is 0.266 e. The molecule has 0 radical (unpaired) electrons. The predicted molar refractivity (Wildman–Crippen MR) is 115 cm³/mol. The molecule has 142 valence electrons. The van der Waals surface area contributed by atoms with E-state index < -0.39 is 0 Å². The van der Waals surface area contributed by atoms with Crippen LogP contribution in [0, 0.1) is 11.3 Å². The number of methoxy groups -OCH3 is 1. The van der Waals surface area contributed by atoms with Crippen molar-refractivity contribution in [2.45, 2.75) is 10.9 Å². The Kier molecular flexibility index (Phi) is 5.32. The summed E-state index contributed by atoms with van der Waals surface area (Å²) in [6.45, 7) is 0. The molecule has 4 aromatic rings. The minimum absolute atomic E-state index is 0.137. The Morgan fingerprint density at radius 2 is 1.76 bits per heavy atom. The van der Waals surface area contributed by atoms with Crippen molar-refractivity contribution in [2.24, 2.45) is 0 Å². The van der Waals surface area contributed by atoms with Gasteiger partial charge in [-0.25, -0.2) is 4.98 Å². The van der Waals surface area contributed by atoms with Gasteiger partial charge in [-0.05, 0) is 42.0 Å². The first-order chi connectivity index (χ1) is 14.2. The van der Waals surface area contributed by atoms with Gasteiger partial charge in [-0.1, -0.05) is 48.2 Å². The third kappa shape index (κ3) is 3.73. The second-order valence-electron chi connectivity index (χ2n) is 6.32. The third-order valence-corrected chi connectivity index (χ3v) is 5.53. The molecule has 0 bridgehead atoms. The molecule has 29 heavy (non-hydrogen) atoms. The van der Waals surface area contributed by atoms with Crippen molar-refractivity contribution in [2.75, 3.05) is 7.11 Å². The van der Waals surface area contributed by atoms with Crippen LogP contribution in [0.15, 0.2) is 82.7 Å². The number of hydrogen-bond acceptors (Lipinski definition) is 5. The van der Waals surface area contributed by atoms with Crippen molar-refractivity contribution >= 4 is 22.7 Å². The molecule has 0 N–H and O–H groups in total. The van der Waals surface area contributed by atoms with Crippen LogP contribution in [0.2, 0.25) is 0 Å². The van der Waals surface area contributed by atoms with E-state index in [0.717, 1.165) is 5.56 Å². The standard InChI is InChI=1S/C23H17N3O2S/c1-28-21-9-5-4-8-20(21)26-22(27)18-6-2-3-7-19(18)25-23(26)29-15-17-12-10-16(14-24)11-13-17/h2-13H,15H2,1H3. The van der Waals surface area contributed by atoms with Crippen LogP contribution in [-0.4, -0.2) is 16.7 Å². The van der Waals surface area contributed by atoms with Crippen molar-refractivity contribution < 1.29 is 4.74 Å². The fourth-order valence-corrected chi connectivity index (χ4v) is 4.02. The summed E-state index contributed by atoms with van der Waals surface area (Å²) in [5, 5.41) is 10.1. The van der Waals surface area contributed by atoms with Crippen LogP contribution in [0.5, 0.6) is 5.75 Å². The van der Waals surface area contributed by atoms with Gasteiger partial charge in [-0.15, -0.1) is 0 Å². The second kappa shape index (κ2) is 8.21. The number of benzene rings is 3. The van der Waals surface area contributed by atoms with E-state index in [1.807, 2.05) is 54.6 Å². The largest absolute Gasteiger partial charge is 0.495 e. The highest BCUT2D eigenvalue weighted by Gasteiger charge is 2.16. The average Bonchev–Trinajstić information content (AvgIpc) is 2.78. The lowest BCUT2D eigenvalue weighted by Gasteiger charge is -2.15. The van der Waals surface area contributed by atoms with Crippen LogP contribution in [0.1, 0.15) is 11.1 Å². The van der Waals surface area contributed by atoms with Crippen LogP contribution >= 0.6 is 11.8 Å². The molecule has 5 nitrogen and oxygen atoms in total. The Balaban J connectivity index is 1.83. The monoisotopic (exact) mass is 399 g/mol. The van der Waals surface area contributed by atoms with Crippen molar-refractivity contribution in [1.82, 2.24) is 9.55 Å². The number of fused-ring (bicyclic) bond motifs is 1. The van der Waals surface area contributed by atoms with Gasteiger partial charge >= 0.3 is 0 Å². The van der Waals surface area contributed by atoms with Crippen molar-refractivity contribution in [3.63, 3.8) is 0 Å². The highest BCUT2D eigenvalue weighted by molar-refractivity contribution is 7.98. The molecule has 0 unspecified atom stereocenters. The molecule has 6 heteroatoms. The molecule has 1 heterocycles. The molecule has 0 saturated heterocycles. The van der Waals surface area contributed by atoms with Gasteiger partial charge < -0.3 is 4.74 Å². The Bertz CT molecular complexity index is 1270. The van der Waals surface area contributed by atoms with Crippen LogP contribution in [0.3, 0.4) is 0 Å². The summed E-state index contributed by atoms with van der Waals surface area (Å²) in [5.74, 6) is 1.22. The number of hydrogen-bond donors (Lipinski definition) is 0. The SMILES string of the molecule is COc1ccccc1-n1c(SCc2ccc(C#N)cc2)nc2ccccc2c1=O. The Hall–Kier alpha value is -3.56. The van der Waals surface area contributed by atoms with E-state index in [1.165, 1.54) is 11.8 Å². The van der Waals surface area contributed by atoms with Gasteiger partial charge in [-0.2, -0.15) is 5.26 Å². The van der Waals surface area contributed by atoms with Gasteiger partial charge in [0.25, 0.3) is 5.56 Å². The first-order valence-electron chi connectivity index (χ1n) is 8.98. The van der Waals surface area contributed by atoms with Crippen LogP contribution in [0.25, 0.3) is 16.6 Å². The lowest BCUT2D eigenvalue weighted by molar-refractivity contribution is 0.411. The highest BCUT2D eigenvalue weighted by atomic mass is 32.2. The average molecular weight is 399 g/mol. The van der Waals surface area contributed by atoms with Crippen LogP contribution in [-0.2, 0) is 5.75 Å². The van der Waals surface area contributed by atoms with E-state index in [0.29, 0.717) is 38.8 Å². The second-order valence-corrected chi connectivity index (χ2v) is 7.26. The predicted octanol–water partition coefficient (Wildman–Crippen LogP) is 4.56. The van der Waals surface area contributed by atoms with E-state index in [9.17, 15) is 4.79 Å². The molecular weight excluding hydrogens is 382 g/mol. The van der Waals surface area contributed by atoms with Gasteiger partial charge in [0, 0.05) is 5.75 Å².